The van der Waals surface area contributed by atoms with Crippen LogP contribution in [0.5, 0.6) is 0 Å². The van der Waals surface area contributed by atoms with Crippen LogP contribution in [0.4, 0.5) is 5.69 Å². The molecule has 0 radical (unpaired) electrons. The minimum atomic E-state index is -0.277. The van der Waals surface area contributed by atoms with Crippen molar-refractivity contribution < 1.29 is 4.79 Å². The number of nitrogens with zero attached hydrogens (tertiary/aromatic N) is 1. The van der Waals surface area contributed by atoms with Crippen LogP contribution in [-0.2, 0) is 10.2 Å². The average molecular weight is 298 g/mol. The molecule has 3 fully saturated rings. The van der Waals surface area contributed by atoms with E-state index in [1.807, 2.05) is 6.07 Å². The van der Waals surface area contributed by atoms with Crippen molar-refractivity contribution in [1.29, 1.82) is 0 Å². The van der Waals surface area contributed by atoms with Crippen LogP contribution in [0.2, 0.25) is 0 Å². The molecule has 118 valence electrons. The van der Waals surface area contributed by atoms with E-state index in [0.29, 0.717) is 12.0 Å². The highest BCUT2D eigenvalue weighted by Gasteiger charge is 2.61. The second kappa shape index (κ2) is 5.38. The van der Waals surface area contributed by atoms with Crippen molar-refractivity contribution in [2.24, 2.45) is 5.92 Å². The van der Waals surface area contributed by atoms with E-state index in [1.165, 1.54) is 50.8 Å². The van der Waals surface area contributed by atoms with Gasteiger partial charge in [0.2, 0.25) is 5.91 Å². The van der Waals surface area contributed by atoms with E-state index in [2.05, 4.69) is 35.3 Å². The van der Waals surface area contributed by atoms with Crippen molar-refractivity contribution in [2.45, 2.75) is 56.9 Å². The zero-order chi connectivity index (χ0) is 15.2. The predicted molar refractivity (Wildman–Crippen MR) is 89.0 cm³/mol. The Hall–Kier alpha value is -1.35. The molecular weight excluding hydrogens is 272 g/mol. The number of hydrogen-bond acceptors (Lipinski definition) is 2. The third kappa shape index (κ3) is 1.81. The zero-order valence-electron chi connectivity index (χ0n) is 13.5. The maximum Gasteiger partial charge on any atom is 0.237 e. The number of nitrogens with one attached hydrogen (secondary N) is 1. The van der Waals surface area contributed by atoms with E-state index in [9.17, 15) is 4.79 Å². The fourth-order valence-corrected chi connectivity index (χ4v) is 5.26. The van der Waals surface area contributed by atoms with Crippen molar-refractivity contribution in [3.63, 3.8) is 0 Å². The van der Waals surface area contributed by atoms with E-state index in [0.717, 1.165) is 12.1 Å². The van der Waals surface area contributed by atoms with Crippen LogP contribution in [0.3, 0.4) is 0 Å². The summed E-state index contributed by atoms with van der Waals surface area (Å²) in [5.74, 6) is 0.789. The molecule has 2 atom stereocenters. The fourth-order valence-electron chi connectivity index (χ4n) is 5.26. The van der Waals surface area contributed by atoms with E-state index in [-0.39, 0.29) is 11.3 Å². The Morgan fingerprint density at radius 3 is 2.77 bits per heavy atom. The molecule has 4 heterocycles. The molecule has 5 rings (SSSR count). The van der Waals surface area contributed by atoms with Crippen LogP contribution in [0.25, 0.3) is 0 Å². The van der Waals surface area contributed by atoms with Gasteiger partial charge >= 0.3 is 0 Å². The second-order valence-corrected chi connectivity index (χ2v) is 7.19. The lowest BCUT2D eigenvalue weighted by Crippen LogP contribution is -2.66. The topological polar surface area (TPSA) is 32.3 Å². The Balaban J connectivity index is 1.77. The molecule has 1 unspecified atom stereocenters. The van der Waals surface area contributed by atoms with Gasteiger partial charge in [-0.1, -0.05) is 44.4 Å². The summed E-state index contributed by atoms with van der Waals surface area (Å²) in [5, 5.41) is 3.20. The van der Waals surface area contributed by atoms with Crippen molar-refractivity contribution in [1.82, 2.24) is 4.90 Å². The number of unbranched alkanes of at least 4 members (excludes halogenated alkanes) is 2. The molecule has 4 aliphatic rings. The summed E-state index contributed by atoms with van der Waals surface area (Å²) in [6.45, 7) is 4.61. The molecule has 1 aromatic rings. The highest BCUT2D eigenvalue weighted by Crippen LogP contribution is 2.55. The lowest BCUT2D eigenvalue weighted by Gasteiger charge is -2.56. The van der Waals surface area contributed by atoms with Gasteiger partial charge in [0.25, 0.3) is 0 Å². The van der Waals surface area contributed by atoms with E-state index >= 15 is 0 Å². The van der Waals surface area contributed by atoms with Crippen LogP contribution in [0.1, 0.15) is 51.0 Å². The van der Waals surface area contributed by atoms with Crippen molar-refractivity contribution >= 4 is 11.6 Å². The summed E-state index contributed by atoms with van der Waals surface area (Å²) in [4.78, 5) is 15.7. The van der Waals surface area contributed by atoms with Gasteiger partial charge in [0.15, 0.2) is 0 Å². The smallest absolute Gasteiger partial charge is 0.237 e. The number of amides is 1. The summed E-state index contributed by atoms with van der Waals surface area (Å²) in [6, 6.07) is 8.80. The van der Waals surface area contributed by atoms with E-state index in [4.69, 9.17) is 0 Å². The first kappa shape index (κ1) is 14.3. The number of benzene rings is 1. The Labute approximate surface area is 133 Å². The first-order chi connectivity index (χ1) is 10.8. The number of para-hydroxylation sites is 1. The number of carbonyl (C=O) groups excluding carboxylic acids is 1. The molecule has 2 bridgehead atoms. The first-order valence-corrected chi connectivity index (χ1v) is 8.93. The normalized spacial score (nSPS) is 35.7. The summed E-state index contributed by atoms with van der Waals surface area (Å²) >= 11 is 0. The number of carbonyl (C=O) groups is 1. The minimum absolute atomic E-state index is 0.268. The molecular formula is C19H26N2O. The molecule has 22 heavy (non-hydrogen) atoms. The molecule has 1 spiro atoms. The zero-order valence-corrected chi connectivity index (χ0v) is 13.5. The van der Waals surface area contributed by atoms with Gasteiger partial charge in [-0.25, -0.2) is 0 Å². The molecule has 0 saturated carbocycles. The molecule has 0 aliphatic carbocycles. The monoisotopic (exact) mass is 298 g/mol. The Bertz CT molecular complexity index is 577. The highest BCUT2D eigenvalue weighted by atomic mass is 16.2. The standard InChI is InChI=1S/C19H26N2O/c1-2-3-4-9-17-19(14-10-12-21(17)13-11-14)15-7-5-6-8-16(15)20-18(19)22/h5-8,14,17H,2-4,9-13H2,1H3,(H,20,22)/t17-,19?/m1/s1. The van der Waals surface area contributed by atoms with Crippen molar-refractivity contribution in [3.8, 4) is 0 Å². The summed E-state index contributed by atoms with van der Waals surface area (Å²) in [5.41, 5.74) is 2.05. The van der Waals surface area contributed by atoms with Gasteiger partial charge in [0, 0.05) is 11.7 Å². The number of anilines is 1. The highest BCUT2D eigenvalue weighted by molar-refractivity contribution is 6.07. The van der Waals surface area contributed by atoms with Crippen LogP contribution in [0, 0.1) is 5.92 Å². The Kier molecular flexibility index (Phi) is 3.48. The molecule has 3 nitrogen and oxygen atoms in total. The molecule has 1 aromatic carbocycles. The molecule has 4 aliphatic heterocycles. The quantitative estimate of drug-likeness (QED) is 0.862. The summed E-state index contributed by atoms with van der Waals surface area (Å²) in [6.07, 6.45) is 7.26. The van der Waals surface area contributed by atoms with Gasteiger partial charge in [-0.05, 0) is 49.9 Å². The van der Waals surface area contributed by atoms with Crippen LogP contribution in [-0.4, -0.2) is 29.9 Å². The van der Waals surface area contributed by atoms with Gasteiger partial charge in [-0.2, -0.15) is 0 Å². The van der Waals surface area contributed by atoms with Crippen LogP contribution < -0.4 is 5.32 Å². The third-order valence-electron chi connectivity index (χ3n) is 6.22. The van der Waals surface area contributed by atoms with Crippen molar-refractivity contribution in [2.75, 3.05) is 18.4 Å². The maximum atomic E-state index is 13.1. The average Bonchev–Trinajstić information content (AvgIpc) is 2.84. The van der Waals surface area contributed by atoms with Gasteiger partial charge in [-0.3, -0.25) is 9.69 Å². The number of piperidine rings is 3. The Morgan fingerprint density at radius 1 is 1.23 bits per heavy atom. The van der Waals surface area contributed by atoms with Gasteiger partial charge in [-0.15, -0.1) is 0 Å². The largest absolute Gasteiger partial charge is 0.325 e. The van der Waals surface area contributed by atoms with E-state index < -0.39 is 0 Å². The van der Waals surface area contributed by atoms with Gasteiger partial charge in [0.05, 0.1) is 5.41 Å². The molecule has 0 aromatic heterocycles. The molecule has 1 N–H and O–H groups in total. The first-order valence-electron chi connectivity index (χ1n) is 8.93. The summed E-state index contributed by atoms with van der Waals surface area (Å²) < 4.78 is 0. The fraction of sp³-hybridized carbons (Fsp3) is 0.632. The van der Waals surface area contributed by atoms with Crippen molar-refractivity contribution in [3.05, 3.63) is 29.8 Å². The third-order valence-corrected chi connectivity index (χ3v) is 6.22. The Morgan fingerprint density at radius 2 is 2.00 bits per heavy atom. The lowest BCUT2D eigenvalue weighted by atomic mass is 9.58. The number of rotatable bonds is 4. The number of fused-ring (bicyclic) bond motifs is 3. The second-order valence-electron chi connectivity index (χ2n) is 7.19. The predicted octanol–water partition coefficient (Wildman–Crippen LogP) is 3.55. The van der Waals surface area contributed by atoms with Crippen LogP contribution in [0.15, 0.2) is 24.3 Å². The minimum Gasteiger partial charge on any atom is -0.325 e. The van der Waals surface area contributed by atoms with Crippen LogP contribution >= 0.6 is 0 Å². The summed E-state index contributed by atoms with van der Waals surface area (Å²) in [7, 11) is 0. The van der Waals surface area contributed by atoms with Gasteiger partial charge in [0.1, 0.15) is 0 Å². The lowest BCUT2D eigenvalue weighted by molar-refractivity contribution is -0.134. The van der Waals surface area contributed by atoms with E-state index in [1.54, 1.807) is 0 Å². The van der Waals surface area contributed by atoms with Gasteiger partial charge < -0.3 is 5.32 Å². The number of hydrogen-bond donors (Lipinski definition) is 1. The maximum absolute atomic E-state index is 13.1. The SMILES string of the molecule is CCCCC[C@H]1N2CCC(CC2)C12C(=O)Nc1ccccc12. The molecule has 1 amide bonds. The molecule has 3 heteroatoms. The molecule has 3 saturated heterocycles.